The fourth-order valence-corrected chi connectivity index (χ4v) is 4.10. The largest absolute Gasteiger partial charge is 0.497 e. The van der Waals surface area contributed by atoms with Crippen molar-refractivity contribution in [3.63, 3.8) is 0 Å². The van der Waals surface area contributed by atoms with Crippen LogP contribution in [0.4, 0.5) is 0 Å². The highest BCUT2D eigenvalue weighted by Crippen LogP contribution is 2.32. The van der Waals surface area contributed by atoms with Gasteiger partial charge in [0.25, 0.3) is 5.91 Å². The van der Waals surface area contributed by atoms with Crippen molar-refractivity contribution >= 4 is 11.8 Å². The zero-order valence-electron chi connectivity index (χ0n) is 19.4. The standard InChI is InChI=1S/C25H31N3O5/c1-17(2)23(26-24(29)19-5-7-20(31-3)8-6-19)25(30)28-12-10-27(11-13-28)15-18-4-9-21-22(14-18)33-16-32-21/h4-9,14,17,23H,10-13,15-16H2,1-3H3,(H,26,29). The summed E-state index contributed by atoms with van der Waals surface area (Å²) in [7, 11) is 1.58. The molecule has 2 aromatic rings. The molecule has 2 heterocycles. The molecule has 4 rings (SSSR count). The lowest BCUT2D eigenvalue weighted by Gasteiger charge is -2.37. The summed E-state index contributed by atoms with van der Waals surface area (Å²) in [5.74, 6) is 1.94. The van der Waals surface area contributed by atoms with Gasteiger partial charge < -0.3 is 24.4 Å². The Balaban J connectivity index is 1.32. The number of fused-ring (bicyclic) bond motifs is 1. The zero-order chi connectivity index (χ0) is 23.4. The Bertz CT molecular complexity index is 984. The lowest BCUT2D eigenvalue weighted by atomic mass is 10.0. The quantitative estimate of drug-likeness (QED) is 0.694. The summed E-state index contributed by atoms with van der Waals surface area (Å²) in [6, 6.07) is 12.3. The Kier molecular flexibility index (Phi) is 7.03. The smallest absolute Gasteiger partial charge is 0.251 e. The first-order valence-electron chi connectivity index (χ1n) is 11.3. The Morgan fingerprint density at radius 1 is 1.00 bits per heavy atom. The molecule has 33 heavy (non-hydrogen) atoms. The van der Waals surface area contributed by atoms with Crippen molar-refractivity contribution in [2.75, 3.05) is 40.1 Å². The van der Waals surface area contributed by atoms with Crippen molar-refractivity contribution in [3.8, 4) is 17.2 Å². The van der Waals surface area contributed by atoms with Crippen LogP contribution in [0.15, 0.2) is 42.5 Å². The number of methoxy groups -OCH3 is 1. The highest BCUT2D eigenvalue weighted by Gasteiger charge is 2.31. The number of benzene rings is 2. The van der Waals surface area contributed by atoms with Crippen molar-refractivity contribution in [1.29, 1.82) is 0 Å². The molecule has 1 saturated heterocycles. The molecule has 0 spiro atoms. The predicted octanol–water partition coefficient (Wildman–Crippen LogP) is 2.52. The number of ether oxygens (including phenoxy) is 3. The fraction of sp³-hybridized carbons (Fsp3) is 0.440. The van der Waals surface area contributed by atoms with Crippen LogP contribution < -0.4 is 19.5 Å². The maximum Gasteiger partial charge on any atom is 0.251 e. The van der Waals surface area contributed by atoms with Gasteiger partial charge in [-0.15, -0.1) is 0 Å². The summed E-state index contributed by atoms with van der Waals surface area (Å²) < 4.78 is 16.0. The first-order chi connectivity index (χ1) is 15.9. The average molecular weight is 454 g/mol. The third kappa shape index (κ3) is 5.39. The number of piperazine rings is 1. The Labute approximate surface area is 194 Å². The molecule has 8 nitrogen and oxygen atoms in total. The van der Waals surface area contributed by atoms with E-state index in [1.165, 1.54) is 0 Å². The number of carbonyl (C=O) groups excluding carboxylic acids is 2. The second-order valence-corrected chi connectivity index (χ2v) is 8.71. The van der Waals surface area contributed by atoms with Crippen LogP contribution >= 0.6 is 0 Å². The van der Waals surface area contributed by atoms with Crippen LogP contribution in [0.3, 0.4) is 0 Å². The van der Waals surface area contributed by atoms with E-state index in [4.69, 9.17) is 14.2 Å². The molecule has 1 N–H and O–H groups in total. The van der Waals surface area contributed by atoms with E-state index in [1.807, 2.05) is 30.9 Å². The van der Waals surface area contributed by atoms with Gasteiger partial charge >= 0.3 is 0 Å². The molecular weight excluding hydrogens is 422 g/mol. The van der Waals surface area contributed by atoms with Gasteiger partial charge in [-0.25, -0.2) is 0 Å². The second kappa shape index (κ2) is 10.1. The first-order valence-corrected chi connectivity index (χ1v) is 11.3. The van der Waals surface area contributed by atoms with Crippen LogP contribution in [0, 0.1) is 5.92 Å². The number of nitrogens with zero attached hydrogens (tertiary/aromatic N) is 2. The third-order valence-corrected chi connectivity index (χ3v) is 6.10. The summed E-state index contributed by atoms with van der Waals surface area (Å²) in [6.45, 7) is 7.77. The molecule has 0 bridgehead atoms. The second-order valence-electron chi connectivity index (χ2n) is 8.71. The summed E-state index contributed by atoms with van der Waals surface area (Å²) >= 11 is 0. The molecule has 0 aromatic heterocycles. The zero-order valence-corrected chi connectivity index (χ0v) is 19.4. The highest BCUT2D eigenvalue weighted by atomic mass is 16.7. The summed E-state index contributed by atoms with van der Waals surface area (Å²) in [5, 5.41) is 2.93. The molecule has 2 amide bonds. The molecule has 1 unspecified atom stereocenters. The van der Waals surface area contributed by atoms with E-state index in [-0.39, 0.29) is 24.5 Å². The van der Waals surface area contributed by atoms with Gasteiger partial charge in [-0.2, -0.15) is 0 Å². The van der Waals surface area contributed by atoms with Crippen molar-refractivity contribution in [3.05, 3.63) is 53.6 Å². The minimum absolute atomic E-state index is 0.0219. The van der Waals surface area contributed by atoms with Gasteiger partial charge in [-0.3, -0.25) is 14.5 Å². The minimum atomic E-state index is -0.569. The van der Waals surface area contributed by atoms with Gasteiger partial charge in [0.05, 0.1) is 7.11 Å². The number of rotatable bonds is 7. The lowest BCUT2D eigenvalue weighted by Crippen LogP contribution is -2.56. The molecule has 1 fully saturated rings. The van der Waals surface area contributed by atoms with Crippen molar-refractivity contribution in [2.45, 2.75) is 26.4 Å². The summed E-state index contributed by atoms with van der Waals surface area (Å²) in [5.41, 5.74) is 1.66. The molecule has 2 aliphatic rings. The molecular formula is C25H31N3O5. The Morgan fingerprint density at radius 3 is 2.36 bits per heavy atom. The number of hydrogen-bond donors (Lipinski definition) is 1. The van der Waals surface area contributed by atoms with Crippen LogP contribution in [0.5, 0.6) is 17.2 Å². The van der Waals surface area contributed by atoms with Gasteiger partial charge in [0.15, 0.2) is 11.5 Å². The minimum Gasteiger partial charge on any atom is -0.497 e. The van der Waals surface area contributed by atoms with Crippen LogP contribution in [0.1, 0.15) is 29.8 Å². The van der Waals surface area contributed by atoms with E-state index in [2.05, 4.69) is 16.3 Å². The maximum atomic E-state index is 13.2. The number of nitrogens with one attached hydrogen (secondary N) is 1. The average Bonchev–Trinajstić information content (AvgIpc) is 3.30. The van der Waals surface area contributed by atoms with Crippen LogP contribution in [-0.4, -0.2) is 67.7 Å². The third-order valence-electron chi connectivity index (χ3n) is 6.10. The number of amides is 2. The summed E-state index contributed by atoms with van der Waals surface area (Å²) in [6.07, 6.45) is 0. The van der Waals surface area contributed by atoms with E-state index in [1.54, 1.807) is 31.4 Å². The maximum absolute atomic E-state index is 13.2. The molecule has 0 saturated carbocycles. The number of hydrogen-bond acceptors (Lipinski definition) is 6. The molecule has 0 aliphatic carbocycles. The number of carbonyl (C=O) groups is 2. The molecule has 0 radical (unpaired) electrons. The Morgan fingerprint density at radius 2 is 1.70 bits per heavy atom. The van der Waals surface area contributed by atoms with E-state index in [0.29, 0.717) is 24.4 Å². The monoisotopic (exact) mass is 453 g/mol. The normalized spacial score (nSPS) is 16.5. The van der Waals surface area contributed by atoms with Crippen LogP contribution in [0.25, 0.3) is 0 Å². The van der Waals surface area contributed by atoms with E-state index >= 15 is 0 Å². The predicted molar refractivity (Wildman–Crippen MR) is 124 cm³/mol. The Hall–Kier alpha value is -3.26. The summed E-state index contributed by atoms with van der Waals surface area (Å²) in [4.78, 5) is 30.2. The SMILES string of the molecule is COc1ccc(C(=O)NC(C(=O)N2CCN(Cc3ccc4c(c3)OCO4)CC2)C(C)C)cc1. The molecule has 2 aliphatic heterocycles. The van der Waals surface area contributed by atoms with E-state index < -0.39 is 6.04 Å². The highest BCUT2D eigenvalue weighted by molar-refractivity contribution is 5.97. The van der Waals surface area contributed by atoms with Gasteiger partial charge in [-0.1, -0.05) is 19.9 Å². The molecule has 2 aromatic carbocycles. The van der Waals surface area contributed by atoms with Crippen LogP contribution in [0.2, 0.25) is 0 Å². The van der Waals surface area contributed by atoms with Crippen molar-refractivity contribution in [2.24, 2.45) is 5.92 Å². The van der Waals surface area contributed by atoms with Gasteiger partial charge in [0.2, 0.25) is 12.7 Å². The fourth-order valence-electron chi connectivity index (χ4n) is 4.10. The lowest BCUT2D eigenvalue weighted by molar-refractivity contribution is -0.136. The van der Waals surface area contributed by atoms with Gasteiger partial charge in [-0.05, 0) is 47.9 Å². The van der Waals surface area contributed by atoms with E-state index in [0.717, 1.165) is 36.7 Å². The van der Waals surface area contributed by atoms with Crippen LogP contribution in [-0.2, 0) is 11.3 Å². The molecule has 176 valence electrons. The van der Waals surface area contributed by atoms with Crippen molar-refractivity contribution in [1.82, 2.24) is 15.1 Å². The van der Waals surface area contributed by atoms with E-state index in [9.17, 15) is 9.59 Å². The molecule has 8 heteroatoms. The molecule has 1 atom stereocenters. The van der Waals surface area contributed by atoms with Gasteiger partial charge in [0.1, 0.15) is 11.8 Å². The topological polar surface area (TPSA) is 80.3 Å². The van der Waals surface area contributed by atoms with Gasteiger partial charge in [0, 0.05) is 38.3 Å². The van der Waals surface area contributed by atoms with Crippen molar-refractivity contribution < 1.29 is 23.8 Å². The first kappa shape index (κ1) is 22.9.